The van der Waals surface area contributed by atoms with Crippen LogP contribution in [0, 0.1) is 28.5 Å². The smallest absolute Gasteiger partial charge is 0.123 e. The van der Waals surface area contributed by atoms with E-state index in [9.17, 15) is 4.39 Å². The Labute approximate surface area is 124 Å². The molecule has 2 rings (SSSR count). The Morgan fingerprint density at radius 3 is 1.67 bits per heavy atom. The second-order valence-corrected chi connectivity index (χ2v) is 4.61. The number of rotatable bonds is 2. The third-order valence-corrected chi connectivity index (χ3v) is 2.44. The Morgan fingerprint density at radius 2 is 1.29 bits per heavy atom. The van der Waals surface area contributed by atoms with E-state index in [2.05, 4.69) is 25.2 Å². The zero-order valence-electron chi connectivity index (χ0n) is 12.0. The zero-order chi connectivity index (χ0) is 15.7. The fourth-order valence-corrected chi connectivity index (χ4v) is 1.50. The van der Waals surface area contributed by atoms with Crippen LogP contribution in [0.1, 0.15) is 25.0 Å². The van der Waals surface area contributed by atoms with Gasteiger partial charge in [0.25, 0.3) is 0 Å². The Bertz CT molecular complexity index is 632. The lowest BCUT2D eigenvalue weighted by molar-refractivity contribution is 0.627. The molecule has 0 aromatic heterocycles. The summed E-state index contributed by atoms with van der Waals surface area (Å²) in [4.78, 5) is 0. The summed E-state index contributed by atoms with van der Waals surface area (Å²) in [6.45, 7) is 4.16. The van der Waals surface area contributed by atoms with Crippen LogP contribution in [0.4, 0.5) is 10.1 Å². The molecule has 4 heteroatoms. The molecule has 21 heavy (non-hydrogen) atoms. The van der Waals surface area contributed by atoms with Crippen LogP contribution in [-0.4, -0.2) is 6.04 Å². The minimum absolute atomic E-state index is 0.311. The van der Waals surface area contributed by atoms with Crippen molar-refractivity contribution in [2.75, 3.05) is 5.32 Å². The molecule has 0 saturated heterocycles. The summed E-state index contributed by atoms with van der Waals surface area (Å²) >= 11 is 0. The Hall–Kier alpha value is -2.85. The molecule has 3 nitrogen and oxygen atoms in total. The fourth-order valence-electron chi connectivity index (χ4n) is 1.50. The summed E-state index contributed by atoms with van der Waals surface area (Å²) in [5.74, 6) is -0.311. The van der Waals surface area contributed by atoms with Gasteiger partial charge in [-0.1, -0.05) is 0 Å². The van der Waals surface area contributed by atoms with Gasteiger partial charge in [0.2, 0.25) is 0 Å². The molecule has 0 unspecified atom stereocenters. The normalized spacial score (nSPS) is 9.05. The van der Waals surface area contributed by atoms with Gasteiger partial charge in [-0.2, -0.15) is 10.5 Å². The summed E-state index contributed by atoms with van der Waals surface area (Å²) in [6.07, 6.45) is 0. The largest absolute Gasteiger partial charge is 0.383 e. The van der Waals surface area contributed by atoms with Crippen LogP contribution >= 0.6 is 0 Å². The van der Waals surface area contributed by atoms with Crippen LogP contribution in [0.15, 0.2) is 48.5 Å². The number of nitrogens with zero attached hydrogens (tertiary/aromatic N) is 2. The van der Waals surface area contributed by atoms with Gasteiger partial charge in [-0.15, -0.1) is 0 Å². The van der Waals surface area contributed by atoms with Gasteiger partial charge in [-0.25, -0.2) is 4.39 Å². The average molecular weight is 281 g/mol. The highest BCUT2D eigenvalue weighted by molar-refractivity contribution is 5.47. The van der Waals surface area contributed by atoms with Gasteiger partial charge in [-0.05, 0) is 62.4 Å². The van der Waals surface area contributed by atoms with Crippen molar-refractivity contribution in [3.8, 4) is 12.1 Å². The number of hydrogen-bond donors (Lipinski definition) is 1. The number of nitriles is 2. The van der Waals surface area contributed by atoms with E-state index < -0.39 is 0 Å². The van der Waals surface area contributed by atoms with Crippen LogP contribution in [0.25, 0.3) is 0 Å². The molecule has 1 N–H and O–H groups in total. The van der Waals surface area contributed by atoms with Gasteiger partial charge >= 0.3 is 0 Å². The predicted molar refractivity (Wildman–Crippen MR) is 81.0 cm³/mol. The third-order valence-electron chi connectivity index (χ3n) is 2.44. The van der Waals surface area contributed by atoms with E-state index in [0.29, 0.717) is 17.2 Å². The number of halogens is 1. The third kappa shape index (κ3) is 6.22. The minimum atomic E-state index is -0.311. The van der Waals surface area contributed by atoms with Crippen molar-refractivity contribution in [3.05, 3.63) is 65.5 Å². The van der Waals surface area contributed by atoms with Crippen molar-refractivity contribution in [2.45, 2.75) is 19.9 Å². The van der Waals surface area contributed by atoms with Gasteiger partial charge in [0.15, 0.2) is 0 Å². The maximum absolute atomic E-state index is 12.1. The van der Waals surface area contributed by atoms with Crippen molar-refractivity contribution in [3.63, 3.8) is 0 Å². The monoisotopic (exact) mass is 281 g/mol. The van der Waals surface area contributed by atoms with Gasteiger partial charge < -0.3 is 5.32 Å². The molecule has 0 amide bonds. The van der Waals surface area contributed by atoms with E-state index in [1.54, 1.807) is 0 Å². The van der Waals surface area contributed by atoms with Crippen molar-refractivity contribution < 1.29 is 4.39 Å². The summed E-state index contributed by atoms with van der Waals surface area (Å²) in [5, 5.41) is 20.0. The molecular formula is C17H16FN3. The molecular weight excluding hydrogens is 265 g/mol. The van der Waals surface area contributed by atoms with Gasteiger partial charge in [0.05, 0.1) is 23.3 Å². The first-order chi connectivity index (χ1) is 10.0. The Morgan fingerprint density at radius 1 is 0.857 bits per heavy atom. The lowest BCUT2D eigenvalue weighted by Gasteiger charge is -2.08. The van der Waals surface area contributed by atoms with Crippen LogP contribution in [0.5, 0.6) is 0 Å². The van der Waals surface area contributed by atoms with E-state index in [4.69, 9.17) is 10.5 Å². The maximum atomic E-state index is 12.1. The highest BCUT2D eigenvalue weighted by Crippen LogP contribution is 2.09. The zero-order valence-corrected chi connectivity index (χ0v) is 12.0. The van der Waals surface area contributed by atoms with Crippen molar-refractivity contribution in [1.82, 2.24) is 0 Å². The van der Waals surface area contributed by atoms with Crippen LogP contribution in [0.2, 0.25) is 0 Å². The molecule has 0 radical (unpaired) electrons. The van der Waals surface area contributed by atoms with Crippen LogP contribution < -0.4 is 5.32 Å². The SMILES string of the molecule is CC(C)Nc1ccc(C#N)cc1.N#Cc1ccc(F)cc1. The molecule has 2 aromatic rings. The van der Waals surface area contributed by atoms with E-state index in [1.165, 1.54) is 24.3 Å². The summed E-state index contributed by atoms with van der Waals surface area (Å²) in [6, 6.07) is 17.3. The molecule has 0 aliphatic heterocycles. The lowest BCUT2D eigenvalue weighted by atomic mass is 10.2. The highest BCUT2D eigenvalue weighted by atomic mass is 19.1. The molecule has 0 saturated carbocycles. The number of anilines is 1. The van der Waals surface area contributed by atoms with Crippen molar-refractivity contribution in [2.24, 2.45) is 0 Å². The van der Waals surface area contributed by atoms with E-state index in [1.807, 2.05) is 30.3 Å². The Balaban J connectivity index is 0.000000219. The topological polar surface area (TPSA) is 59.6 Å². The van der Waals surface area contributed by atoms with Gasteiger partial charge in [0, 0.05) is 11.7 Å². The molecule has 0 aliphatic carbocycles. The average Bonchev–Trinajstić information content (AvgIpc) is 2.49. The molecule has 2 aromatic carbocycles. The first-order valence-corrected chi connectivity index (χ1v) is 6.47. The van der Waals surface area contributed by atoms with E-state index >= 15 is 0 Å². The van der Waals surface area contributed by atoms with E-state index in [0.717, 1.165) is 5.69 Å². The van der Waals surface area contributed by atoms with Crippen LogP contribution in [0.3, 0.4) is 0 Å². The van der Waals surface area contributed by atoms with Gasteiger partial charge in [-0.3, -0.25) is 0 Å². The second-order valence-electron chi connectivity index (χ2n) is 4.61. The molecule has 106 valence electrons. The first-order valence-electron chi connectivity index (χ1n) is 6.47. The highest BCUT2D eigenvalue weighted by Gasteiger charge is 1.94. The lowest BCUT2D eigenvalue weighted by Crippen LogP contribution is -2.09. The number of hydrogen-bond acceptors (Lipinski definition) is 3. The molecule has 0 atom stereocenters. The standard InChI is InChI=1S/C10H12N2.C7H4FN/c1-8(2)12-10-5-3-9(7-11)4-6-10;8-7-3-1-6(5-9)2-4-7/h3-6,8,12H,1-2H3;1-4H. The maximum Gasteiger partial charge on any atom is 0.123 e. The molecule has 0 fully saturated rings. The predicted octanol–water partition coefficient (Wildman–Crippen LogP) is 4.08. The summed E-state index contributed by atoms with van der Waals surface area (Å²) in [5.41, 5.74) is 2.24. The van der Waals surface area contributed by atoms with Gasteiger partial charge in [0.1, 0.15) is 5.82 Å². The molecule has 0 aliphatic rings. The molecule has 0 spiro atoms. The van der Waals surface area contributed by atoms with Crippen molar-refractivity contribution in [1.29, 1.82) is 10.5 Å². The molecule has 0 bridgehead atoms. The quantitative estimate of drug-likeness (QED) is 0.902. The fraction of sp³-hybridized carbons (Fsp3) is 0.176. The van der Waals surface area contributed by atoms with E-state index in [-0.39, 0.29) is 5.82 Å². The summed E-state index contributed by atoms with van der Waals surface area (Å²) < 4.78 is 12.1. The second kappa shape index (κ2) is 8.35. The minimum Gasteiger partial charge on any atom is -0.383 e. The Kier molecular flexibility index (Phi) is 6.44. The first kappa shape index (κ1) is 16.2. The van der Waals surface area contributed by atoms with Crippen LogP contribution in [-0.2, 0) is 0 Å². The summed E-state index contributed by atoms with van der Waals surface area (Å²) in [7, 11) is 0. The molecule has 0 heterocycles. The number of nitrogens with one attached hydrogen (secondary N) is 1. The van der Waals surface area contributed by atoms with Crippen molar-refractivity contribution >= 4 is 5.69 Å². The number of benzene rings is 2.